The van der Waals surface area contributed by atoms with Crippen LogP contribution in [-0.2, 0) is 16.0 Å². The van der Waals surface area contributed by atoms with Gasteiger partial charge in [-0.1, -0.05) is 24.3 Å². The van der Waals surface area contributed by atoms with Crippen molar-refractivity contribution in [2.24, 2.45) is 0 Å². The third kappa shape index (κ3) is 3.81. The molecule has 1 aliphatic carbocycles. The molecule has 0 aliphatic heterocycles. The maximum absolute atomic E-state index is 11.8. The van der Waals surface area contributed by atoms with Gasteiger partial charge in [0.1, 0.15) is 0 Å². The van der Waals surface area contributed by atoms with Gasteiger partial charge in [-0.15, -0.1) is 0 Å². The van der Waals surface area contributed by atoms with Crippen LogP contribution in [0.25, 0.3) is 0 Å². The molecule has 19 heavy (non-hydrogen) atoms. The molecule has 1 amide bonds. The summed E-state index contributed by atoms with van der Waals surface area (Å²) in [6, 6.07) is 8.32. The molecule has 2 N–H and O–H groups in total. The van der Waals surface area contributed by atoms with Gasteiger partial charge in [-0.25, -0.2) is 0 Å². The van der Waals surface area contributed by atoms with Crippen LogP contribution < -0.4 is 5.32 Å². The van der Waals surface area contributed by atoms with Gasteiger partial charge in [-0.2, -0.15) is 0 Å². The van der Waals surface area contributed by atoms with Crippen LogP contribution in [0.4, 0.5) is 0 Å². The summed E-state index contributed by atoms with van der Waals surface area (Å²) < 4.78 is 0. The molecule has 1 aromatic rings. The average molecular weight is 261 g/mol. The lowest BCUT2D eigenvalue weighted by atomic mass is 10.1. The summed E-state index contributed by atoms with van der Waals surface area (Å²) in [5.74, 6) is -0.780. The van der Waals surface area contributed by atoms with Crippen molar-refractivity contribution in [3.63, 3.8) is 0 Å². The first-order chi connectivity index (χ1) is 9.16. The molecule has 0 bridgehead atoms. The molecule has 102 valence electrons. The number of carboxylic acids is 1. The van der Waals surface area contributed by atoms with E-state index < -0.39 is 5.97 Å². The van der Waals surface area contributed by atoms with Gasteiger partial charge >= 0.3 is 5.97 Å². The fraction of sp³-hybridized carbons (Fsp3) is 0.467. The number of rotatable bonds is 6. The maximum atomic E-state index is 11.8. The predicted molar refractivity (Wildman–Crippen MR) is 71.8 cm³/mol. The van der Waals surface area contributed by atoms with Gasteiger partial charge in [0.15, 0.2) is 0 Å². The van der Waals surface area contributed by atoms with Crippen LogP contribution in [0.2, 0.25) is 0 Å². The van der Waals surface area contributed by atoms with Gasteiger partial charge in [-0.3, -0.25) is 9.59 Å². The molecular weight excluding hydrogens is 242 g/mol. The molecule has 0 spiro atoms. The summed E-state index contributed by atoms with van der Waals surface area (Å²) in [6.07, 6.45) is 3.71. The zero-order valence-electron chi connectivity index (χ0n) is 10.9. The van der Waals surface area contributed by atoms with Crippen molar-refractivity contribution in [2.45, 2.75) is 44.6 Å². The van der Waals surface area contributed by atoms with E-state index >= 15 is 0 Å². The van der Waals surface area contributed by atoms with E-state index in [1.807, 2.05) is 12.1 Å². The lowest BCUT2D eigenvalue weighted by Crippen LogP contribution is -2.26. The second-order valence-electron chi connectivity index (χ2n) is 4.96. The Bertz CT molecular complexity index is 470. The standard InChI is InChI=1S/C15H19NO3/c17-14(7-3-4-8-15(18)19)16-13-10-9-11-5-1-2-6-12(11)13/h1-2,5-6,13H,3-4,7-10H2,(H,16,17)(H,18,19). The number of hydrogen-bond acceptors (Lipinski definition) is 2. The van der Waals surface area contributed by atoms with E-state index in [-0.39, 0.29) is 18.4 Å². The molecule has 0 saturated heterocycles. The molecule has 2 rings (SSSR count). The smallest absolute Gasteiger partial charge is 0.303 e. The van der Waals surface area contributed by atoms with Gasteiger partial charge in [0.2, 0.25) is 5.91 Å². The lowest BCUT2D eigenvalue weighted by Gasteiger charge is -2.13. The number of hydrogen-bond donors (Lipinski definition) is 2. The summed E-state index contributed by atoms with van der Waals surface area (Å²) >= 11 is 0. The highest BCUT2D eigenvalue weighted by molar-refractivity contribution is 5.76. The largest absolute Gasteiger partial charge is 0.481 e. The van der Waals surface area contributed by atoms with Crippen molar-refractivity contribution < 1.29 is 14.7 Å². The van der Waals surface area contributed by atoms with Crippen molar-refractivity contribution in [3.05, 3.63) is 35.4 Å². The normalized spacial score (nSPS) is 16.9. The SMILES string of the molecule is O=C(O)CCCCC(=O)NC1CCc2ccccc21. The minimum atomic E-state index is -0.801. The predicted octanol–water partition coefficient (Wildman–Crippen LogP) is 2.44. The zero-order valence-corrected chi connectivity index (χ0v) is 10.9. The monoisotopic (exact) mass is 261 g/mol. The topological polar surface area (TPSA) is 66.4 Å². The molecule has 4 nitrogen and oxygen atoms in total. The molecule has 0 aromatic heterocycles. The van der Waals surface area contributed by atoms with Crippen LogP contribution in [0.5, 0.6) is 0 Å². The molecule has 0 saturated carbocycles. The van der Waals surface area contributed by atoms with E-state index in [4.69, 9.17) is 5.11 Å². The second-order valence-corrected chi connectivity index (χ2v) is 4.96. The molecule has 0 fully saturated rings. The average Bonchev–Trinajstić information content (AvgIpc) is 2.78. The third-order valence-corrected chi connectivity index (χ3v) is 3.51. The van der Waals surface area contributed by atoms with Gasteiger partial charge < -0.3 is 10.4 Å². The van der Waals surface area contributed by atoms with E-state index in [0.717, 1.165) is 12.8 Å². The first-order valence-corrected chi connectivity index (χ1v) is 6.76. The summed E-state index contributed by atoms with van der Waals surface area (Å²) in [7, 11) is 0. The number of nitrogens with one attached hydrogen (secondary N) is 1. The second kappa shape index (κ2) is 6.36. The molecule has 4 heteroatoms. The van der Waals surface area contributed by atoms with Crippen molar-refractivity contribution in [1.29, 1.82) is 0 Å². The molecule has 1 atom stereocenters. The Balaban J connectivity index is 1.76. The number of aliphatic carboxylic acids is 1. The highest BCUT2D eigenvalue weighted by Crippen LogP contribution is 2.30. The van der Waals surface area contributed by atoms with E-state index in [1.165, 1.54) is 11.1 Å². The Hall–Kier alpha value is -1.84. The number of carboxylic acid groups (broad SMARTS) is 1. The summed E-state index contributed by atoms with van der Waals surface area (Å²) in [5, 5.41) is 11.6. The molecule has 0 heterocycles. The molecule has 1 aliphatic rings. The molecular formula is C15H19NO3. The maximum Gasteiger partial charge on any atom is 0.303 e. The van der Waals surface area contributed by atoms with E-state index in [9.17, 15) is 9.59 Å². The molecule has 1 aromatic carbocycles. The van der Waals surface area contributed by atoms with Crippen LogP contribution in [0.3, 0.4) is 0 Å². The van der Waals surface area contributed by atoms with Gasteiger partial charge in [-0.05, 0) is 36.8 Å². The lowest BCUT2D eigenvalue weighted by molar-refractivity contribution is -0.137. The first kappa shape index (κ1) is 13.6. The van der Waals surface area contributed by atoms with Crippen LogP contribution >= 0.6 is 0 Å². The first-order valence-electron chi connectivity index (χ1n) is 6.76. The van der Waals surface area contributed by atoms with Gasteiger partial charge in [0.05, 0.1) is 6.04 Å². The Morgan fingerprint density at radius 3 is 2.74 bits per heavy atom. The summed E-state index contributed by atoms with van der Waals surface area (Å²) in [6.45, 7) is 0. The van der Waals surface area contributed by atoms with Crippen LogP contribution in [0, 0.1) is 0 Å². The van der Waals surface area contributed by atoms with E-state index in [0.29, 0.717) is 19.3 Å². The van der Waals surface area contributed by atoms with Crippen molar-refractivity contribution in [1.82, 2.24) is 5.32 Å². The van der Waals surface area contributed by atoms with E-state index in [2.05, 4.69) is 17.4 Å². The fourth-order valence-corrected chi connectivity index (χ4v) is 2.54. The van der Waals surface area contributed by atoms with Crippen molar-refractivity contribution >= 4 is 11.9 Å². The highest BCUT2D eigenvalue weighted by atomic mass is 16.4. The van der Waals surface area contributed by atoms with Crippen LogP contribution in [0.15, 0.2) is 24.3 Å². The number of unbranched alkanes of at least 4 members (excludes halogenated alkanes) is 1. The summed E-state index contributed by atoms with van der Waals surface area (Å²) in [4.78, 5) is 22.2. The number of carbonyl (C=O) groups is 2. The molecule has 0 radical (unpaired) electrons. The van der Waals surface area contributed by atoms with E-state index in [1.54, 1.807) is 0 Å². The van der Waals surface area contributed by atoms with Gasteiger partial charge in [0.25, 0.3) is 0 Å². The minimum absolute atomic E-state index is 0.0205. The Labute approximate surface area is 112 Å². The number of amides is 1. The number of carbonyl (C=O) groups excluding carboxylic acids is 1. The van der Waals surface area contributed by atoms with Crippen molar-refractivity contribution in [3.8, 4) is 0 Å². The summed E-state index contributed by atoms with van der Waals surface area (Å²) in [5.41, 5.74) is 2.54. The van der Waals surface area contributed by atoms with Crippen molar-refractivity contribution in [2.75, 3.05) is 0 Å². The quantitative estimate of drug-likeness (QED) is 0.773. The highest BCUT2D eigenvalue weighted by Gasteiger charge is 2.22. The number of aryl methyl sites for hydroxylation is 1. The van der Waals surface area contributed by atoms with Gasteiger partial charge in [0, 0.05) is 12.8 Å². The van der Waals surface area contributed by atoms with Crippen LogP contribution in [-0.4, -0.2) is 17.0 Å². The molecule has 1 unspecified atom stereocenters. The third-order valence-electron chi connectivity index (χ3n) is 3.51. The number of benzene rings is 1. The fourth-order valence-electron chi connectivity index (χ4n) is 2.54. The Morgan fingerprint density at radius 2 is 1.95 bits per heavy atom. The minimum Gasteiger partial charge on any atom is -0.481 e. The number of fused-ring (bicyclic) bond motifs is 1. The zero-order chi connectivity index (χ0) is 13.7. The Kier molecular flexibility index (Phi) is 4.55. The Morgan fingerprint density at radius 1 is 1.21 bits per heavy atom. The van der Waals surface area contributed by atoms with Crippen LogP contribution in [0.1, 0.15) is 49.3 Å².